The number of imidazole rings is 1. The molecule has 2 rings (SSSR count). The molecule has 11 heavy (non-hydrogen) atoms. The van der Waals surface area contributed by atoms with Crippen LogP contribution in [-0.2, 0) is 0 Å². The first-order valence-corrected chi connectivity index (χ1v) is 4.24. The van der Waals surface area contributed by atoms with Crippen LogP contribution in [0.5, 0.6) is 0 Å². The second kappa shape index (κ2) is 2.27. The molecule has 0 N–H and O–H groups in total. The molecule has 0 aliphatic carbocycles. The van der Waals surface area contributed by atoms with Crippen LogP contribution in [0, 0.1) is 0 Å². The van der Waals surface area contributed by atoms with Gasteiger partial charge in [-0.1, -0.05) is 0 Å². The summed E-state index contributed by atoms with van der Waals surface area (Å²) in [6, 6.07) is 0. The van der Waals surface area contributed by atoms with Crippen LogP contribution in [0.2, 0.25) is 0 Å². The van der Waals surface area contributed by atoms with Crippen molar-refractivity contribution in [3.05, 3.63) is 12.7 Å². The van der Waals surface area contributed by atoms with Crippen LogP contribution < -0.4 is 9.32 Å². The topological polar surface area (TPSA) is 44.3 Å². The van der Waals surface area contributed by atoms with Crippen LogP contribution in [0.25, 0.3) is 5.65 Å². The Bertz CT molecular complexity index is 379. The minimum atomic E-state index is 0.854. The van der Waals surface area contributed by atoms with E-state index < -0.39 is 0 Å². The second-order valence-electron chi connectivity index (χ2n) is 2.03. The first kappa shape index (κ1) is 6.73. The Morgan fingerprint density at radius 2 is 2.27 bits per heavy atom. The Kier molecular flexibility index (Phi) is 1.39. The van der Waals surface area contributed by atoms with E-state index in [0.29, 0.717) is 0 Å². The fourth-order valence-electron chi connectivity index (χ4n) is 0.911. The van der Waals surface area contributed by atoms with Crippen LogP contribution in [0.1, 0.15) is 0 Å². The van der Waals surface area contributed by atoms with Gasteiger partial charge in [-0.25, -0.2) is 0 Å². The minimum absolute atomic E-state index is 0.854. The summed E-state index contributed by atoms with van der Waals surface area (Å²) in [6.07, 6.45) is 3.29. The summed E-state index contributed by atoms with van der Waals surface area (Å²) in [7, 11) is 1.58. The number of hydrogen-bond donors (Lipinski definition) is 0. The molecule has 0 aliphatic rings. The molecular weight excluding hydrogens is 207 g/mol. The van der Waals surface area contributed by atoms with E-state index in [1.165, 1.54) is 21.7 Å². The van der Waals surface area contributed by atoms with Gasteiger partial charge in [-0.3, -0.25) is 0 Å². The molecule has 1 unspecified atom stereocenters. The molecule has 0 aliphatic heterocycles. The zero-order chi connectivity index (χ0) is 7.84. The van der Waals surface area contributed by atoms with Crippen molar-refractivity contribution in [1.82, 2.24) is 19.3 Å². The predicted molar refractivity (Wildman–Crippen MR) is 41.7 cm³/mol. The maximum atomic E-state index is 4.96. The van der Waals surface area contributed by atoms with Crippen LogP contribution in [0.4, 0.5) is 0 Å². The van der Waals surface area contributed by atoms with Gasteiger partial charge in [-0.2, -0.15) is 0 Å². The van der Waals surface area contributed by atoms with Gasteiger partial charge in [0.2, 0.25) is 0 Å². The molecule has 2 aromatic heterocycles. The van der Waals surface area contributed by atoms with Gasteiger partial charge in [0.1, 0.15) is 0 Å². The van der Waals surface area contributed by atoms with Gasteiger partial charge in [-0.05, 0) is 0 Å². The summed E-state index contributed by atoms with van der Waals surface area (Å²) in [4.78, 5) is 14.7. The molecular formula is C5H7AsN4O. The van der Waals surface area contributed by atoms with Gasteiger partial charge in [-0.15, -0.1) is 0 Å². The number of hydrogen-bond acceptors (Lipinski definition) is 3. The summed E-state index contributed by atoms with van der Waals surface area (Å²) in [5.41, 5.74) is 0.854. The Balaban J connectivity index is 2.77. The Labute approximate surface area is 71.4 Å². The van der Waals surface area contributed by atoms with Crippen molar-refractivity contribution < 1.29 is 4.84 Å². The van der Waals surface area contributed by atoms with Crippen molar-refractivity contribution in [1.29, 1.82) is 0 Å². The molecule has 5 nitrogen and oxygen atoms in total. The van der Waals surface area contributed by atoms with Crippen molar-refractivity contribution in [2.75, 3.05) is 7.11 Å². The van der Waals surface area contributed by atoms with E-state index in [0.717, 1.165) is 10.1 Å². The first-order chi connectivity index (χ1) is 5.33. The predicted octanol–water partition coefficient (Wildman–Crippen LogP) is -2.15. The molecule has 0 fully saturated rings. The van der Waals surface area contributed by atoms with Gasteiger partial charge in [0, 0.05) is 0 Å². The summed E-state index contributed by atoms with van der Waals surface area (Å²) in [5, 5.41) is 0. The van der Waals surface area contributed by atoms with Gasteiger partial charge >= 0.3 is 70.9 Å². The summed E-state index contributed by atoms with van der Waals surface area (Å²) in [6.45, 7) is 0. The average Bonchev–Trinajstić information content (AvgIpc) is 2.53. The SMILES string of the molecule is COn1cnc2c([AsH2])ncn21. The van der Waals surface area contributed by atoms with Crippen LogP contribution in [0.3, 0.4) is 0 Å². The van der Waals surface area contributed by atoms with Crippen LogP contribution in [-0.4, -0.2) is 43.3 Å². The molecule has 58 valence electrons. The van der Waals surface area contributed by atoms with E-state index in [9.17, 15) is 0 Å². The maximum absolute atomic E-state index is 4.96. The molecule has 0 aromatic carbocycles. The Morgan fingerprint density at radius 1 is 1.45 bits per heavy atom. The van der Waals surface area contributed by atoms with E-state index in [1.54, 1.807) is 24.3 Å². The van der Waals surface area contributed by atoms with E-state index in [4.69, 9.17) is 4.84 Å². The molecule has 0 radical (unpaired) electrons. The quantitative estimate of drug-likeness (QED) is 0.508. The number of aromatic nitrogens is 4. The van der Waals surface area contributed by atoms with Crippen molar-refractivity contribution in [2.45, 2.75) is 0 Å². The number of fused-ring (bicyclic) bond motifs is 1. The summed E-state index contributed by atoms with van der Waals surface area (Å²) < 4.78 is 2.71. The number of nitrogens with zero attached hydrogens (tertiary/aromatic N) is 4. The Morgan fingerprint density at radius 3 is 3.00 bits per heavy atom. The van der Waals surface area contributed by atoms with E-state index >= 15 is 0 Å². The normalized spacial score (nSPS) is 10.7. The van der Waals surface area contributed by atoms with E-state index in [-0.39, 0.29) is 0 Å². The third-order valence-electron chi connectivity index (χ3n) is 1.43. The molecule has 2 aromatic rings. The fraction of sp³-hybridized carbons (Fsp3) is 0.200. The molecule has 0 bridgehead atoms. The number of rotatable bonds is 1. The van der Waals surface area contributed by atoms with Gasteiger partial charge in [0.15, 0.2) is 0 Å². The molecule has 0 amide bonds. The molecule has 0 spiro atoms. The van der Waals surface area contributed by atoms with Gasteiger partial charge in [0.25, 0.3) is 0 Å². The van der Waals surface area contributed by atoms with Crippen LogP contribution >= 0.6 is 0 Å². The van der Waals surface area contributed by atoms with Crippen molar-refractivity contribution in [3.63, 3.8) is 0 Å². The first-order valence-electron chi connectivity index (χ1n) is 3.03. The standard InChI is InChI=1S/C5H7AsN4O/c1-11-10-3-8-5-4(6)7-2-9(5)10/h2-3H,6H2,1H3. The van der Waals surface area contributed by atoms with E-state index in [2.05, 4.69) is 9.97 Å². The third-order valence-corrected chi connectivity index (χ3v) is 2.29. The average molecular weight is 214 g/mol. The zero-order valence-corrected chi connectivity index (χ0v) is 8.35. The zero-order valence-electron chi connectivity index (χ0n) is 5.93. The summed E-state index contributed by atoms with van der Waals surface area (Å²) >= 11 is 1.46. The van der Waals surface area contributed by atoms with E-state index in [1.807, 2.05) is 0 Å². The van der Waals surface area contributed by atoms with Gasteiger partial charge < -0.3 is 0 Å². The van der Waals surface area contributed by atoms with Gasteiger partial charge in [0.05, 0.1) is 0 Å². The van der Waals surface area contributed by atoms with Crippen molar-refractivity contribution in [2.24, 2.45) is 0 Å². The Hall–Kier alpha value is -0.962. The third kappa shape index (κ3) is 0.844. The molecule has 0 saturated heterocycles. The van der Waals surface area contributed by atoms with Crippen molar-refractivity contribution in [3.8, 4) is 0 Å². The second-order valence-corrected chi connectivity index (χ2v) is 3.18. The fourth-order valence-corrected chi connectivity index (χ4v) is 1.48. The monoisotopic (exact) mass is 214 g/mol. The molecule has 1 atom stereocenters. The van der Waals surface area contributed by atoms with Crippen LogP contribution in [0.15, 0.2) is 12.7 Å². The molecule has 6 heteroatoms. The molecule has 0 saturated carbocycles. The van der Waals surface area contributed by atoms with Crippen molar-refractivity contribution >= 4 is 27.0 Å². The molecule has 2 heterocycles. The summed E-state index contributed by atoms with van der Waals surface area (Å²) in [5.74, 6) is 0.